The number of esters is 2. The number of rotatable bonds is 40. The van der Waals surface area contributed by atoms with Crippen molar-refractivity contribution < 1.29 is 47.8 Å². The second kappa shape index (κ2) is 37.3. The Bertz CT molecular complexity index is 827. The van der Waals surface area contributed by atoms with E-state index in [0.717, 1.165) is 44.9 Å². The standard InChI is InChI=1S/C40H79O10P/c1-3-5-7-9-10-11-12-13-14-15-16-17-18-19-20-21-22-23-24-25-26-28-30-32-40(44)50-38(35-47-39(43)31-29-27-8-6-4-2)36-49-51(45,46)48-34-37(42)33-41/h37-38,41-42H,3-36H2,1-2H3,(H,45,46). The SMILES string of the molecule is CCCCCCCCCCCCCCCCCCCCCCCCCC(=O)OC(COC(=O)CCCCCCC)COP(=O)(O)OCC(O)CO. The minimum Gasteiger partial charge on any atom is -0.462 e. The molecule has 0 saturated heterocycles. The van der Waals surface area contributed by atoms with Gasteiger partial charge >= 0.3 is 19.8 Å². The van der Waals surface area contributed by atoms with Crippen LogP contribution in [0.15, 0.2) is 0 Å². The number of carbonyl (C=O) groups excluding carboxylic acids is 2. The highest BCUT2D eigenvalue weighted by molar-refractivity contribution is 7.47. The second-order valence-corrected chi connectivity index (χ2v) is 15.8. The zero-order valence-electron chi connectivity index (χ0n) is 32.8. The highest BCUT2D eigenvalue weighted by Crippen LogP contribution is 2.43. The maximum atomic E-state index is 12.5. The summed E-state index contributed by atoms with van der Waals surface area (Å²) in [6.07, 6.45) is 32.8. The highest BCUT2D eigenvalue weighted by Gasteiger charge is 2.27. The number of hydrogen-bond donors (Lipinski definition) is 3. The van der Waals surface area contributed by atoms with Gasteiger partial charge in [0.2, 0.25) is 0 Å². The molecule has 0 rings (SSSR count). The molecule has 0 saturated carbocycles. The number of hydrogen-bond acceptors (Lipinski definition) is 9. The average Bonchev–Trinajstić information content (AvgIpc) is 3.12. The smallest absolute Gasteiger partial charge is 0.462 e. The molecular formula is C40H79O10P. The van der Waals surface area contributed by atoms with Crippen LogP contribution < -0.4 is 0 Å². The summed E-state index contributed by atoms with van der Waals surface area (Å²) in [6.45, 7) is 2.30. The zero-order chi connectivity index (χ0) is 37.7. The van der Waals surface area contributed by atoms with Crippen molar-refractivity contribution in [3.8, 4) is 0 Å². The number of aliphatic hydroxyl groups is 2. The number of aliphatic hydroxyl groups excluding tert-OH is 2. The van der Waals surface area contributed by atoms with Crippen LogP contribution in [0.25, 0.3) is 0 Å². The maximum Gasteiger partial charge on any atom is 0.472 e. The van der Waals surface area contributed by atoms with Crippen molar-refractivity contribution in [1.82, 2.24) is 0 Å². The predicted octanol–water partition coefficient (Wildman–Crippen LogP) is 10.7. The largest absolute Gasteiger partial charge is 0.472 e. The van der Waals surface area contributed by atoms with Crippen LogP contribution in [-0.2, 0) is 32.7 Å². The molecule has 0 heterocycles. The van der Waals surface area contributed by atoms with Gasteiger partial charge in [0.15, 0.2) is 6.10 Å². The Hall–Kier alpha value is -1.03. The van der Waals surface area contributed by atoms with Crippen molar-refractivity contribution in [3.63, 3.8) is 0 Å². The Morgan fingerprint density at radius 3 is 1.22 bits per heavy atom. The van der Waals surface area contributed by atoms with Crippen molar-refractivity contribution in [3.05, 3.63) is 0 Å². The molecule has 0 aliphatic rings. The molecular weight excluding hydrogens is 671 g/mol. The van der Waals surface area contributed by atoms with E-state index in [-0.39, 0.29) is 19.4 Å². The fraction of sp³-hybridized carbons (Fsp3) is 0.950. The van der Waals surface area contributed by atoms with Gasteiger partial charge in [-0.1, -0.05) is 181 Å². The summed E-state index contributed by atoms with van der Waals surface area (Å²) >= 11 is 0. The molecule has 0 amide bonds. The first kappa shape index (κ1) is 50.0. The van der Waals surface area contributed by atoms with Gasteiger partial charge in [-0.05, 0) is 12.8 Å². The number of carbonyl (C=O) groups is 2. The van der Waals surface area contributed by atoms with Crippen molar-refractivity contribution in [1.29, 1.82) is 0 Å². The third kappa shape index (κ3) is 37.1. The molecule has 0 radical (unpaired) electrons. The first-order valence-corrected chi connectivity index (χ1v) is 22.5. The molecule has 0 fully saturated rings. The highest BCUT2D eigenvalue weighted by atomic mass is 31.2. The van der Waals surface area contributed by atoms with Crippen LogP contribution in [-0.4, -0.2) is 65.7 Å². The van der Waals surface area contributed by atoms with E-state index in [2.05, 4.69) is 18.4 Å². The summed E-state index contributed by atoms with van der Waals surface area (Å²) in [5.74, 6) is -0.927. The van der Waals surface area contributed by atoms with E-state index >= 15 is 0 Å². The van der Waals surface area contributed by atoms with Crippen LogP contribution in [0.3, 0.4) is 0 Å². The minimum atomic E-state index is -4.60. The van der Waals surface area contributed by atoms with E-state index in [1.165, 1.54) is 122 Å². The van der Waals surface area contributed by atoms with Crippen molar-refractivity contribution in [2.24, 2.45) is 0 Å². The fourth-order valence-corrected chi connectivity index (χ4v) is 6.78. The quantitative estimate of drug-likeness (QED) is 0.0314. The van der Waals surface area contributed by atoms with E-state index in [1.54, 1.807) is 0 Å². The van der Waals surface area contributed by atoms with Crippen LogP contribution in [0.4, 0.5) is 0 Å². The Morgan fingerprint density at radius 1 is 0.510 bits per heavy atom. The average molecular weight is 751 g/mol. The first-order chi connectivity index (χ1) is 24.7. The second-order valence-electron chi connectivity index (χ2n) is 14.4. The molecule has 51 heavy (non-hydrogen) atoms. The van der Waals surface area contributed by atoms with Crippen LogP contribution >= 0.6 is 7.82 Å². The Labute approximate surface area is 312 Å². The fourth-order valence-electron chi connectivity index (χ4n) is 5.99. The topological polar surface area (TPSA) is 149 Å². The van der Waals surface area contributed by atoms with Crippen LogP contribution in [0, 0.1) is 0 Å². The third-order valence-electron chi connectivity index (χ3n) is 9.26. The summed E-state index contributed by atoms with van der Waals surface area (Å²) in [4.78, 5) is 34.6. The van der Waals surface area contributed by atoms with Gasteiger partial charge in [0.1, 0.15) is 12.7 Å². The molecule has 3 unspecified atom stereocenters. The van der Waals surface area contributed by atoms with Crippen LogP contribution in [0.1, 0.15) is 206 Å². The molecule has 0 bridgehead atoms. The monoisotopic (exact) mass is 751 g/mol. The molecule has 0 aromatic rings. The maximum absolute atomic E-state index is 12.5. The molecule has 11 heteroatoms. The van der Waals surface area contributed by atoms with Crippen molar-refractivity contribution in [2.75, 3.05) is 26.4 Å². The zero-order valence-corrected chi connectivity index (χ0v) is 33.7. The lowest BCUT2D eigenvalue weighted by Gasteiger charge is -2.20. The first-order valence-electron chi connectivity index (χ1n) is 21.0. The third-order valence-corrected chi connectivity index (χ3v) is 10.2. The summed E-state index contributed by atoms with van der Waals surface area (Å²) in [5.41, 5.74) is 0. The summed E-state index contributed by atoms with van der Waals surface area (Å²) in [5, 5.41) is 18.2. The van der Waals surface area contributed by atoms with Crippen molar-refractivity contribution >= 4 is 19.8 Å². The lowest BCUT2D eigenvalue weighted by Crippen LogP contribution is -2.29. The minimum absolute atomic E-state index is 0.192. The van der Waals surface area contributed by atoms with E-state index in [4.69, 9.17) is 19.1 Å². The molecule has 0 aromatic carbocycles. The molecule has 304 valence electrons. The molecule has 0 spiro atoms. The van der Waals surface area contributed by atoms with E-state index < -0.39 is 51.8 Å². The summed E-state index contributed by atoms with van der Waals surface area (Å²) in [7, 11) is -4.60. The molecule has 3 atom stereocenters. The lowest BCUT2D eigenvalue weighted by molar-refractivity contribution is -0.161. The van der Waals surface area contributed by atoms with Gasteiger partial charge in [-0.2, -0.15) is 0 Å². The van der Waals surface area contributed by atoms with Gasteiger partial charge < -0.3 is 24.6 Å². The molecule has 0 aromatic heterocycles. The Kier molecular flexibility index (Phi) is 36.5. The van der Waals surface area contributed by atoms with Crippen molar-refractivity contribution in [2.45, 2.75) is 219 Å². The van der Waals surface area contributed by atoms with Gasteiger partial charge in [-0.15, -0.1) is 0 Å². The van der Waals surface area contributed by atoms with Gasteiger partial charge in [-0.3, -0.25) is 18.6 Å². The van der Waals surface area contributed by atoms with E-state index in [0.29, 0.717) is 12.8 Å². The molecule has 0 aliphatic heterocycles. The van der Waals surface area contributed by atoms with Crippen LogP contribution in [0.2, 0.25) is 0 Å². The normalized spacial score (nSPS) is 13.9. The molecule has 3 N–H and O–H groups in total. The summed E-state index contributed by atoms with van der Waals surface area (Å²) in [6, 6.07) is 0. The molecule has 10 nitrogen and oxygen atoms in total. The van der Waals surface area contributed by atoms with E-state index in [9.17, 15) is 24.2 Å². The summed E-state index contributed by atoms with van der Waals surface area (Å²) < 4.78 is 32.4. The lowest BCUT2D eigenvalue weighted by atomic mass is 10.0. The molecule has 0 aliphatic carbocycles. The Balaban J connectivity index is 3.98. The van der Waals surface area contributed by atoms with Gasteiger partial charge in [-0.25, -0.2) is 4.57 Å². The van der Waals surface area contributed by atoms with E-state index in [1.807, 2.05) is 0 Å². The van der Waals surface area contributed by atoms with Gasteiger partial charge in [0.25, 0.3) is 0 Å². The Morgan fingerprint density at radius 2 is 0.843 bits per heavy atom. The number of phosphoric acid groups is 1. The number of unbranched alkanes of at least 4 members (excludes halogenated alkanes) is 26. The van der Waals surface area contributed by atoms with Crippen LogP contribution in [0.5, 0.6) is 0 Å². The van der Waals surface area contributed by atoms with Gasteiger partial charge in [0, 0.05) is 12.8 Å². The predicted molar refractivity (Wildman–Crippen MR) is 206 cm³/mol. The number of phosphoric ester groups is 1. The number of ether oxygens (including phenoxy) is 2. The van der Waals surface area contributed by atoms with Gasteiger partial charge in [0.05, 0.1) is 19.8 Å².